The van der Waals surface area contributed by atoms with Gasteiger partial charge < -0.3 is 15.2 Å². The number of phenols is 1. The first-order chi connectivity index (χ1) is 11.6. The zero-order valence-corrected chi connectivity index (χ0v) is 13.0. The van der Waals surface area contributed by atoms with Crippen LogP contribution >= 0.6 is 0 Å². The monoisotopic (exact) mass is 327 g/mol. The number of para-hydroxylation sites is 1. The standard InChI is InChI=1S/C17H17N3O4/c1-24-14-7-4-6-12(9-14)17(23)18-11-16(22)20-19-10-13-5-2-3-8-15(13)21/h2-10,21H,11H2,1H3,(H,18,23)(H,20,22)/b19-10-. The van der Waals surface area contributed by atoms with Gasteiger partial charge in [0.1, 0.15) is 11.5 Å². The van der Waals surface area contributed by atoms with Crippen molar-refractivity contribution in [3.05, 3.63) is 59.7 Å². The Morgan fingerprint density at radius 1 is 1.21 bits per heavy atom. The third kappa shape index (κ3) is 4.84. The molecule has 0 aliphatic rings. The maximum atomic E-state index is 11.9. The van der Waals surface area contributed by atoms with Crippen LogP contribution in [0.5, 0.6) is 11.5 Å². The lowest BCUT2D eigenvalue weighted by Gasteiger charge is -2.06. The molecule has 2 rings (SSSR count). The van der Waals surface area contributed by atoms with E-state index in [0.717, 1.165) is 0 Å². The lowest BCUT2D eigenvalue weighted by atomic mass is 10.2. The molecule has 0 spiro atoms. The topological polar surface area (TPSA) is 100 Å². The van der Waals surface area contributed by atoms with Crippen molar-refractivity contribution in [2.24, 2.45) is 5.10 Å². The van der Waals surface area contributed by atoms with Gasteiger partial charge in [0.05, 0.1) is 19.9 Å². The Labute approximate surface area is 139 Å². The third-order valence-corrected chi connectivity index (χ3v) is 3.07. The summed E-state index contributed by atoms with van der Waals surface area (Å²) in [7, 11) is 1.51. The van der Waals surface area contributed by atoms with Crippen LogP contribution in [-0.4, -0.2) is 36.8 Å². The maximum absolute atomic E-state index is 11.9. The zero-order chi connectivity index (χ0) is 17.4. The molecule has 0 aliphatic carbocycles. The Bertz CT molecular complexity index is 759. The summed E-state index contributed by atoms with van der Waals surface area (Å²) in [4.78, 5) is 23.6. The average molecular weight is 327 g/mol. The molecule has 2 aromatic rings. The lowest BCUT2D eigenvalue weighted by Crippen LogP contribution is -2.34. The number of benzene rings is 2. The van der Waals surface area contributed by atoms with Crippen LogP contribution in [0.3, 0.4) is 0 Å². The lowest BCUT2D eigenvalue weighted by molar-refractivity contribution is -0.120. The van der Waals surface area contributed by atoms with Gasteiger partial charge in [0, 0.05) is 11.1 Å². The van der Waals surface area contributed by atoms with E-state index in [1.165, 1.54) is 19.4 Å². The van der Waals surface area contributed by atoms with Gasteiger partial charge >= 0.3 is 0 Å². The predicted octanol–water partition coefficient (Wildman–Crippen LogP) is 1.28. The second-order valence-electron chi connectivity index (χ2n) is 4.77. The van der Waals surface area contributed by atoms with E-state index in [-0.39, 0.29) is 12.3 Å². The highest BCUT2D eigenvalue weighted by Crippen LogP contribution is 2.13. The SMILES string of the molecule is COc1cccc(C(=O)NCC(=O)N/N=C\c2ccccc2O)c1. The molecule has 7 nitrogen and oxygen atoms in total. The molecule has 124 valence electrons. The van der Waals surface area contributed by atoms with Gasteiger partial charge in [-0.15, -0.1) is 0 Å². The summed E-state index contributed by atoms with van der Waals surface area (Å²) in [5, 5.41) is 15.8. The van der Waals surface area contributed by atoms with E-state index in [4.69, 9.17) is 4.74 Å². The number of rotatable bonds is 6. The second-order valence-corrected chi connectivity index (χ2v) is 4.77. The number of nitrogens with zero attached hydrogens (tertiary/aromatic N) is 1. The molecule has 0 unspecified atom stereocenters. The zero-order valence-electron chi connectivity index (χ0n) is 13.0. The van der Waals surface area contributed by atoms with Gasteiger partial charge in [-0.2, -0.15) is 5.10 Å². The Morgan fingerprint density at radius 2 is 2.00 bits per heavy atom. The van der Waals surface area contributed by atoms with Crippen molar-refractivity contribution >= 4 is 18.0 Å². The van der Waals surface area contributed by atoms with Gasteiger partial charge in [0.15, 0.2) is 0 Å². The number of amides is 2. The van der Waals surface area contributed by atoms with Gasteiger partial charge in [0.25, 0.3) is 11.8 Å². The number of aromatic hydroxyl groups is 1. The van der Waals surface area contributed by atoms with Gasteiger partial charge in [-0.1, -0.05) is 18.2 Å². The summed E-state index contributed by atoms with van der Waals surface area (Å²) in [5.41, 5.74) is 3.13. The highest BCUT2D eigenvalue weighted by Gasteiger charge is 2.08. The van der Waals surface area contributed by atoms with Crippen molar-refractivity contribution in [1.82, 2.24) is 10.7 Å². The normalized spacial score (nSPS) is 10.4. The molecule has 3 N–H and O–H groups in total. The molecule has 0 aliphatic heterocycles. The minimum absolute atomic E-state index is 0.0572. The molecule has 2 aromatic carbocycles. The third-order valence-electron chi connectivity index (χ3n) is 3.07. The van der Waals surface area contributed by atoms with Crippen LogP contribution in [-0.2, 0) is 4.79 Å². The van der Waals surface area contributed by atoms with E-state index in [2.05, 4.69) is 15.8 Å². The molecule has 0 aromatic heterocycles. The first kappa shape index (κ1) is 17.0. The second kappa shape index (κ2) is 8.33. The molecule has 0 saturated carbocycles. The quantitative estimate of drug-likeness (QED) is 0.549. The molecular weight excluding hydrogens is 310 g/mol. The fourth-order valence-corrected chi connectivity index (χ4v) is 1.84. The molecule has 0 saturated heterocycles. The summed E-state index contributed by atoms with van der Waals surface area (Å²) in [6.07, 6.45) is 1.32. The predicted molar refractivity (Wildman–Crippen MR) is 89.2 cm³/mol. The van der Waals surface area contributed by atoms with Crippen LogP contribution in [0.1, 0.15) is 15.9 Å². The summed E-state index contributed by atoms with van der Waals surface area (Å²) in [6.45, 7) is -0.228. The highest BCUT2D eigenvalue weighted by molar-refractivity contribution is 5.96. The first-order valence-corrected chi connectivity index (χ1v) is 7.12. The minimum Gasteiger partial charge on any atom is -0.507 e. The molecule has 0 bridgehead atoms. The first-order valence-electron chi connectivity index (χ1n) is 7.12. The number of nitrogens with one attached hydrogen (secondary N) is 2. The summed E-state index contributed by atoms with van der Waals surface area (Å²) in [6, 6.07) is 13.2. The Morgan fingerprint density at radius 3 is 2.75 bits per heavy atom. The largest absolute Gasteiger partial charge is 0.507 e. The molecule has 0 atom stereocenters. The minimum atomic E-state index is -0.488. The van der Waals surface area contributed by atoms with Crippen LogP contribution in [0.4, 0.5) is 0 Å². The molecule has 24 heavy (non-hydrogen) atoms. The van der Waals surface area contributed by atoms with E-state index in [1.54, 1.807) is 42.5 Å². The van der Waals surface area contributed by atoms with Crippen molar-refractivity contribution in [3.8, 4) is 11.5 Å². The number of methoxy groups -OCH3 is 1. The van der Waals surface area contributed by atoms with E-state index in [1.807, 2.05) is 0 Å². The van der Waals surface area contributed by atoms with E-state index in [9.17, 15) is 14.7 Å². The average Bonchev–Trinajstić information content (AvgIpc) is 2.61. The van der Waals surface area contributed by atoms with E-state index < -0.39 is 11.8 Å². The van der Waals surface area contributed by atoms with Crippen molar-refractivity contribution in [2.75, 3.05) is 13.7 Å². The van der Waals surface area contributed by atoms with Crippen molar-refractivity contribution in [1.29, 1.82) is 0 Å². The molecule has 2 amide bonds. The van der Waals surface area contributed by atoms with Crippen LogP contribution in [0, 0.1) is 0 Å². The molecular formula is C17H17N3O4. The Hall–Kier alpha value is -3.35. The fourth-order valence-electron chi connectivity index (χ4n) is 1.84. The van der Waals surface area contributed by atoms with E-state index >= 15 is 0 Å². The fraction of sp³-hybridized carbons (Fsp3) is 0.118. The number of carbonyl (C=O) groups excluding carboxylic acids is 2. The summed E-state index contributed by atoms with van der Waals surface area (Å²) < 4.78 is 5.04. The van der Waals surface area contributed by atoms with Gasteiger partial charge in [-0.25, -0.2) is 5.43 Å². The number of ether oxygens (including phenoxy) is 1. The maximum Gasteiger partial charge on any atom is 0.259 e. The summed E-state index contributed by atoms with van der Waals surface area (Å²) in [5.74, 6) is -0.271. The smallest absolute Gasteiger partial charge is 0.259 e. The molecule has 0 heterocycles. The van der Waals surface area contributed by atoms with Gasteiger partial charge in [-0.3, -0.25) is 9.59 Å². The van der Waals surface area contributed by atoms with Crippen LogP contribution < -0.4 is 15.5 Å². The molecule has 0 fully saturated rings. The van der Waals surface area contributed by atoms with E-state index in [0.29, 0.717) is 16.9 Å². The number of carbonyl (C=O) groups is 2. The van der Waals surface area contributed by atoms with Crippen LogP contribution in [0.15, 0.2) is 53.6 Å². The van der Waals surface area contributed by atoms with Crippen molar-refractivity contribution < 1.29 is 19.4 Å². The number of hydrogen-bond acceptors (Lipinski definition) is 5. The molecule has 0 radical (unpaired) electrons. The van der Waals surface area contributed by atoms with Crippen molar-refractivity contribution in [2.45, 2.75) is 0 Å². The number of hydrogen-bond donors (Lipinski definition) is 3. The van der Waals surface area contributed by atoms with Gasteiger partial charge in [-0.05, 0) is 30.3 Å². The number of hydrazone groups is 1. The van der Waals surface area contributed by atoms with Crippen LogP contribution in [0.25, 0.3) is 0 Å². The van der Waals surface area contributed by atoms with Crippen molar-refractivity contribution in [3.63, 3.8) is 0 Å². The molecule has 7 heteroatoms. The Kier molecular flexibility index (Phi) is 5.90. The highest BCUT2D eigenvalue weighted by atomic mass is 16.5. The summed E-state index contributed by atoms with van der Waals surface area (Å²) >= 11 is 0. The Balaban J connectivity index is 1.82. The van der Waals surface area contributed by atoms with Crippen LogP contribution in [0.2, 0.25) is 0 Å². The van der Waals surface area contributed by atoms with Gasteiger partial charge in [0.2, 0.25) is 0 Å². The number of phenolic OH excluding ortho intramolecular Hbond substituents is 1.